The van der Waals surface area contributed by atoms with Crippen molar-refractivity contribution in [3.63, 3.8) is 0 Å². The van der Waals surface area contributed by atoms with Gasteiger partial charge in [0, 0.05) is 31.6 Å². The number of hydrogen-bond donors (Lipinski definition) is 1. The molecule has 1 aliphatic rings. The van der Waals surface area contributed by atoms with Crippen LogP contribution in [0.4, 0.5) is 0 Å². The number of thiazole rings is 1. The molecule has 1 aromatic rings. The molecule has 1 N–H and O–H groups in total. The molecule has 5 heteroatoms. The second-order valence-electron chi connectivity index (χ2n) is 4.59. The lowest BCUT2D eigenvalue weighted by atomic mass is 10.2. The Balaban J connectivity index is 1.78. The van der Waals surface area contributed by atoms with Crippen LogP contribution in [0.1, 0.15) is 23.5 Å². The molecule has 1 aromatic heterocycles. The number of nitrogens with one attached hydrogen (secondary N) is 1. The van der Waals surface area contributed by atoms with E-state index in [4.69, 9.17) is 4.74 Å². The third kappa shape index (κ3) is 4.03. The van der Waals surface area contributed by atoms with Gasteiger partial charge in [-0.1, -0.05) is 0 Å². The minimum Gasteiger partial charge on any atom is -0.377 e. The highest BCUT2D eigenvalue weighted by Gasteiger charge is 2.17. The molecule has 96 valence electrons. The highest BCUT2D eigenvalue weighted by molar-refractivity contribution is 7.09. The third-order valence-corrected chi connectivity index (χ3v) is 3.80. The lowest BCUT2D eigenvalue weighted by Gasteiger charge is -2.19. The van der Waals surface area contributed by atoms with Crippen molar-refractivity contribution in [3.05, 3.63) is 16.1 Å². The largest absolute Gasteiger partial charge is 0.377 e. The maximum Gasteiger partial charge on any atom is 0.107 e. The molecule has 0 amide bonds. The molecule has 1 unspecified atom stereocenters. The van der Waals surface area contributed by atoms with Crippen molar-refractivity contribution in [3.8, 4) is 0 Å². The van der Waals surface area contributed by atoms with E-state index in [1.54, 1.807) is 11.3 Å². The van der Waals surface area contributed by atoms with Gasteiger partial charge < -0.3 is 10.1 Å². The van der Waals surface area contributed by atoms with Crippen molar-refractivity contribution >= 4 is 11.3 Å². The van der Waals surface area contributed by atoms with Crippen molar-refractivity contribution < 1.29 is 4.74 Å². The molecule has 0 bridgehead atoms. The predicted octanol–water partition coefficient (Wildman–Crippen LogP) is 1.47. The van der Waals surface area contributed by atoms with Crippen LogP contribution in [0, 0.1) is 0 Å². The quantitative estimate of drug-likeness (QED) is 0.835. The predicted molar refractivity (Wildman–Crippen MR) is 70.2 cm³/mol. The first-order valence-electron chi connectivity index (χ1n) is 6.16. The van der Waals surface area contributed by atoms with Crippen LogP contribution in [0.3, 0.4) is 0 Å². The van der Waals surface area contributed by atoms with Gasteiger partial charge in [0.1, 0.15) is 5.01 Å². The Hall–Kier alpha value is -0.490. The van der Waals surface area contributed by atoms with Gasteiger partial charge in [-0.05, 0) is 26.9 Å². The van der Waals surface area contributed by atoms with Gasteiger partial charge in [-0.2, -0.15) is 0 Å². The summed E-state index contributed by atoms with van der Waals surface area (Å²) in [7, 11) is 4.09. The normalized spacial score (nSPS) is 20.3. The van der Waals surface area contributed by atoms with Crippen molar-refractivity contribution in [1.29, 1.82) is 0 Å². The summed E-state index contributed by atoms with van der Waals surface area (Å²) in [6.07, 6.45) is 2.84. The van der Waals surface area contributed by atoms with Gasteiger partial charge >= 0.3 is 0 Å². The van der Waals surface area contributed by atoms with Gasteiger partial charge in [-0.3, -0.25) is 4.90 Å². The molecular weight excluding hydrogens is 234 g/mol. The van der Waals surface area contributed by atoms with Crippen molar-refractivity contribution in [2.45, 2.75) is 32.0 Å². The highest BCUT2D eigenvalue weighted by atomic mass is 32.1. The fourth-order valence-corrected chi connectivity index (χ4v) is 2.93. The van der Waals surface area contributed by atoms with Gasteiger partial charge in [-0.25, -0.2) is 4.98 Å². The first kappa shape index (κ1) is 13.0. The highest BCUT2D eigenvalue weighted by Crippen LogP contribution is 2.15. The lowest BCUT2D eigenvalue weighted by Crippen LogP contribution is -2.28. The number of rotatable bonds is 6. The summed E-state index contributed by atoms with van der Waals surface area (Å²) in [5, 5.41) is 6.44. The zero-order valence-corrected chi connectivity index (χ0v) is 11.4. The van der Waals surface area contributed by atoms with Crippen LogP contribution >= 0.6 is 11.3 Å². The number of ether oxygens (including phenoxy) is 1. The van der Waals surface area contributed by atoms with E-state index in [-0.39, 0.29) is 0 Å². The topological polar surface area (TPSA) is 37.4 Å². The van der Waals surface area contributed by atoms with E-state index in [0.717, 1.165) is 31.2 Å². The summed E-state index contributed by atoms with van der Waals surface area (Å²) in [6, 6.07) is 0. The standard InChI is InChI=1S/C12H21N3OS/c1-13-6-12-14-10(9-17-12)7-15(2)8-11-4-3-5-16-11/h9,11,13H,3-8H2,1-2H3. The van der Waals surface area contributed by atoms with E-state index in [9.17, 15) is 0 Å². The summed E-state index contributed by atoms with van der Waals surface area (Å²) in [6.45, 7) is 3.72. The molecule has 17 heavy (non-hydrogen) atoms. The van der Waals surface area contributed by atoms with Crippen LogP contribution in [-0.2, 0) is 17.8 Å². The molecule has 1 fully saturated rings. The molecule has 1 atom stereocenters. The van der Waals surface area contributed by atoms with Crippen molar-refractivity contribution in [1.82, 2.24) is 15.2 Å². The maximum atomic E-state index is 5.64. The average molecular weight is 255 g/mol. The molecule has 1 aliphatic heterocycles. The smallest absolute Gasteiger partial charge is 0.107 e. The average Bonchev–Trinajstić information content (AvgIpc) is 2.91. The van der Waals surface area contributed by atoms with E-state index in [1.165, 1.54) is 18.5 Å². The summed E-state index contributed by atoms with van der Waals surface area (Å²) in [4.78, 5) is 6.89. The van der Waals surface area contributed by atoms with Gasteiger partial charge in [-0.15, -0.1) is 11.3 Å². The molecule has 0 aliphatic carbocycles. The van der Waals surface area contributed by atoms with Crippen LogP contribution in [0.5, 0.6) is 0 Å². The molecule has 0 spiro atoms. The monoisotopic (exact) mass is 255 g/mol. The Morgan fingerprint density at radius 1 is 1.65 bits per heavy atom. The van der Waals surface area contributed by atoms with Crippen molar-refractivity contribution in [2.24, 2.45) is 0 Å². The first-order valence-corrected chi connectivity index (χ1v) is 7.04. The fourth-order valence-electron chi connectivity index (χ4n) is 2.13. The number of likely N-dealkylation sites (N-methyl/N-ethyl adjacent to an activating group) is 1. The summed E-state index contributed by atoms with van der Waals surface area (Å²) in [5.41, 5.74) is 1.17. The van der Waals surface area contributed by atoms with Gasteiger partial charge in [0.15, 0.2) is 0 Å². The van der Waals surface area contributed by atoms with Crippen LogP contribution in [0.15, 0.2) is 5.38 Å². The Morgan fingerprint density at radius 2 is 2.53 bits per heavy atom. The molecular formula is C12H21N3OS. The molecule has 0 radical (unpaired) electrons. The van der Waals surface area contributed by atoms with E-state index in [1.807, 2.05) is 7.05 Å². The Kier molecular flexibility index (Phi) is 4.91. The van der Waals surface area contributed by atoms with E-state index >= 15 is 0 Å². The SMILES string of the molecule is CNCc1nc(CN(C)CC2CCCO2)cs1. The Bertz CT molecular complexity index is 336. The van der Waals surface area contributed by atoms with Crippen LogP contribution < -0.4 is 5.32 Å². The first-order chi connectivity index (χ1) is 8.28. The fraction of sp³-hybridized carbons (Fsp3) is 0.750. The van der Waals surface area contributed by atoms with Gasteiger partial charge in [0.2, 0.25) is 0 Å². The molecule has 0 aromatic carbocycles. The zero-order valence-electron chi connectivity index (χ0n) is 10.6. The lowest BCUT2D eigenvalue weighted by molar-refractivity contribution is 0.0790. The van der Waals surface area contributed by atoms with E-state index < -0.39 is 0 Å². The second kappa shape index (κ2) is 6.44. The van der Waals surface area contributed by atoms with E-state index in [0.29, 0.717) is 6.10 Å². The number of aromatic nitrogens is 1. The van der Waals surface area contributed by atoms with Gasteiger partial charge in [0.25, 0.3) is 0 Å². The molecule has 2 heterocycles. The van der Waals surface area contributed by atoms with Crippen LogP contribution in [-0.4, -0.2) is 43.2 Å². The third-order valence-electron chi connectivity index (χ3n) is 2.90. The summed E-state index contributed by atoms with van der Waals surface area (Å²) >= 11 is 1.73. The minimum absolute atomic E-state index is 0.426. The van der Waals surface area contributed by atoms with Crippen molar-refractivity contribution in [2.75, 3.05) is 27.2 Å². The van der Waals surface area contributed by atoms with E-state index in [2.05, 4.69) is 27.6 Å². The molecule has 0 saturated carbocycles. The number of hydrogen-bond acceptors (Lipinski definition) is 5. The molecule has 2 rings (SSSR count). The Labute approximate surface area is 107 Å². The Morgan fingerprint density at radius 3 is 3.24 bits per heavy atom. The second-order valence-corrected chi connectivity index (χ2v) is 5.54. The summed E-state index contributed by atoms with van der Waals surface area (Å²) in [5.74, 6) is 0. The summed E-state index contributed by atoms with van der Waals surface area (Å²) < 4.78 is 5.64. The minimum atomic E-state index is 0.426. The number of nitrogens with zero attached hydrogens (tertiary/aromatic N) is 2. The maximum absolute atomic E-state index is 5.64. The molecule has 4 nitrogen and oxygen atoms in total. The van der Waals surface area contributed by atoms with Crippen LogP contribution in [0.25, 0.3) is 0 Å². The molecule has 1 saturated heterocycles. The van der Waals surface area contributed by atoms with Crippen LogP contribution in [0.2, 0.25) is 0 Å². The zero-order chi connectivity index (χ0) is 12.1. The van der Waals surface area contributed by atoms with Gasteiger partial charge in [0.05, 0.1) is 11.8 Å².